The van der Waals surface area contributed by atoms with E-state index in [4.69, 9.17) is 9.40 Å². The van der Waals surface area contributed by atoms with Gasteiger partial charge in [-0.15, -0.1) is 53.6 Å². The number of pyridine rings is 2. The van der Waals surface area contributed by atoms with Gasteiger partial charge in [0.05, 0.1) is 13.7 Å². The zero-order chi connectivity index (χ0) is 33.1. The number of para-hydroxylation sites is 1. The smallest absolute Gasteiger partial charge is 0.120 e. The maximum absolute atomic E-state index is 6.15. The molecule has 0 N–H and O–H groups in total. The third kappa shape index (κ3) is 7.60. The Balaban J connectivity index is 0.000000193. The van der Waals surface area contributed by atoms with Crippen molar-refractivity contribution in [1.29, 1.82) is 0 Å². The summed E-state index contributed by atoms with van der Waals surface area (Å²) in [7, 11) is -1.35. The Hall–Kier alpha value is -4.15. The second-order valence-electron chi connectivity index (χ2n) is 13.6. The quantitative estimate of drug-likeness (QED) is 0.124. The Kier molecular flexibility index (Phi) is 10.9. The van der Waals surface area contributed by atoms with Crippen molar-refractivity contribution in [2.24, 2.45) is 0 Å². The molecule has 0 fully saturated rings. The van der Waals surface area contributed by atoms with Crippen LogP contribution in [0.1, 0.15) is 54.9 Å². The molecule has 7 rings (SSSR count). The molecule has 0 aliphatic rings. The number of aromatic nitrogens is 2. The zero-order valence-corrected chi connectivity index (χ0v) is 32.2. The van der Waals surface area contributed by atoms with E-state index in [9.17, 15) is 0 Å². The number of fused-ring (bicyclic) bond motifs is 3. The minimum absolute atomic E-state index is 0. The molecular formula is C43H42IrN2OSi-2. The number of rotatable bonds is 6. The molecule has 7 aromatic rings. The fraction of sp³-hybridized carbons (Fsp3) is 0.209. The first-order valence-electron chi connectivity index (χ1n) is 16.4. The van der Waals surface area contributed by atoms with Crippen molar-refractivity contribution in [3.63, 3.8) is 0 Å². The maximum Gasteiger partial charge on any atom is 0.120 e. The maximum atomic E-state index is 6.15. The van der Waals surface area contributed by atoms with E-state index in [1.54, 1.807) is 0 Å². The monoisotopic (exact) mass is 823 g/mol. The first kappa shape index (κ1) is 35.2. The summed E-state index contributed by atoms with van der Waals surface area (Å²) in [6.07, 6.45) is 3.98. The molecule has 3 heterocycles. The van der Waals surface area contributed by atoms with Gasteiger partial charge in [-0.05, 0) is 45.8 Å². The minimum atomic E-state index is -1.35. The third-order valence-corrected chi connectivity index (χ3v) is 10.8. The molecule has 0 spiro atoms. The first-order valence-corrected chi connectivity index (χ1v) is 19.9. The zero-order valence-electron chi connectivity index (χ0n) is 28.8. The molecule has 4 aromatic carbocycles. The molecule has 5 heteroatoms. The summed E-state index contributed by atoms with van der Waals surface area (Å²) in [5, 5.41) is 3.70. The number of aryl methyl sites for hydroxylation is 1. The fourth-order valence-electron chi connectivity index (χ4n) is 6.05. The van der Waals surface area contributed by atoms with E-state index < -0.39 is 8.07 Å². The number of benzene rings is 4. The SMILES string of the molecule is CC(c1ccccc1)c1ccnc(-c2[c-]ccc3c2oc2ccccc23)c1.Cc1c[c-]c(-c2cc(C(C)C)c([Si](C)(C)C)cn2)cc1.[Ir]. The van der Waals surface area contributed by atoms with Gasteiger partial charge in [-0.3, -0.25) is 0 Å². The van der Waals surface area contributed by atoms with Gasteiger partial charge in [-0.2, -0.15) is 0 Å². The second-order valence-corrected chi connectivity index (χ2v) is 18.7. The van der Waals surface area contributed by atoms with Crippen LogP contribution >= 0.6 is 0 Å². The molecular weight excluding hydrogens is 781 g/mol. The molecule has 0 saturated heterocycles. The van der Waals surface area contributed by atoms with Crippen LogP contribution in [0, 0.1) is 19.1 Å². The van der Waals surface area contributed by atoms with E-state index in [1.165, 1.54) is 27.4 Å². The summed E-state index contributed by atoms with van der Waals surface area (Å²) in [4.78, 5) is 9.31. The molecule has 3 aromatic heterocycles. The average molecular weight is 823 g/mol. The first-order chi connectivity index (χ1) is 22.6. The van der Waals surface area contributed by atoms with Crippen LogP contribution in [0.4, 0.5) is 0 Å². The van der Waals surface area contributed by atoms with E-state index in [-0.39, 0.29) is 20.1 Å². The summed E-state index contributed by atoms with van der Waals surface area (Å²) >= 11 is 0. The summed E-state index contributed by atoms with van der Waals surface area (Å²) < 4.78 is 6.15. The molecule has 245 valence electrons. The van der Waals surface area contributed by atoms with Crippen molar-refractivity contribution in [3.8, 4) is 22.5 Å². The Morgan fingerprint density at radius 1 is 0.729 bits per heavy atom. The Labute approximate surface area is 299 Å². The van der Waals surface area contributed by atoms with Crippen LogP contribution in [-0.2, 0) is 20.1 Å². The molecule has 1 atom stereocenters. The second kappa shape index (κ2) is 14.9. The number of nitrogens with zero attached hydrogens (tertiary/aromatic N) is 2. The Morgan fingerprint density at radius 3 is 2.19 bits per heavy atom. The van der Waals surface area contributed by atoms with Crippen LogP contribution < -0.4 is 5.19 Å². The molecule has 3 nitrogen and oxygen atoms in total. The van der Waals surface area contributed by atoms with Crippen LogP contribution in [-0.4, -0.2) is 18.0 Å². The van der Waals surface area contributed by atoms with E-state index in [1.807, 2.05) is 42.6 Å². The molecule has 1 unspecified atom stereocenters. The van der Waals surface area contributed by atoms with Gasteiger partial charge in [-0.1, -0.05) is 125 Å². The van der Waals surface area contributed by atoms with Crippen molar-refractivity contribution in [3.05, 3.63) is 150 Å². The molecule has 0 amide bonds. The topological polar surface area (TPSA) is 38.9 Å². The standard InChI is InChI=1S/C25H18NO.C18H24NSi.Ir/c1-17(18-8-3-2-4-9-18)19-14-15-26-23(16-19)22-12-7-11-21-20-10-5-6-13-24(20)27-25(21)22;1-13(2)16-11-17(15-9-7-14(3)8-10-15)19-12-18(16)20(4,5)6;/h2-11,13-17H,1H3;7-9,11-13H,1-6H3;/q2*-1;. The molecule has 1 radical (unpaired) electrons. The van der Waals surface area contributed by atoms with Crippen molar-refractivity contribution in [2.45, 2.75) is 59.2 Å². The van der Waals surface area contributed by atoms with Crippen LogP contribution in [0.5, 0.6) is 0 Å². The molecule has 0 bridgehead atoms. The predicted molar refractivity (Wildman–Crippen MR) is 200 cm³/mol. The van der Waals surface area contributed by atoms with Crippen molar-refractivity contribution < 1.29 is 24.5 Å². The molecule has 48 heavy (non-hydrogen) atoms. The summed E-state index contributed by atoms with van der Waals surface area (Å²) in [5.41, 5.74) is 10.9. The van der Waals surface area contributed by atoms with Crippen LogP contribution in [0.3, 0.4) is 0 Å². The van der Waals surface area contributed by atoms with Gasteiger partial charge in [0.15, 0.2) is 0 Å². The molecule has 0 saturated carbocycles. The van der Waals surface area contributed by atoms with Gasteiger partial charge in [0, 0.05) is 43.8 Å². The van der Waals surface area contributed by atoms with Crippen molar-refractivity contribution >= 4 is 35.2 Å². The van der Waals surface area contributed by atoms with Gasteiger partial charge >= 0.3 is 0 Å². The van der Waals surface area contributed by atoms with Crippen LogP contribution in [0.25, 0.3) is 44.5 Å². The van der Waals surface area contributed by atoms with Gasteiger partial charge in [0.2, 0.25) is 0 Å². The number of hydrogen-bond acceptors (Lipinski definition) is 3. The van der Waals surface area contributed by atoms with Gasteiger partial charge < -0.3 is 14.4 Å². The van der Waals surface area contributed by atoms with Crippen LogP contribution in [0.15, 0.2) is 120 Å². The molecule has 0 aliphatic heterocycles. The van der Waals surface area contributed by atoms with Crippen molar-refractivity contribution in [2.75, 3.05) is 0 Å². The normalized spacial score (nSPS) is 12.0. The van der Waals surface area contributed by atoms with E-state index in [2.05, 4.69) is 137 Å². The van der Waals surface area contributed by atoms with E-state index in [0.29, 0.717) is 11.8 Å². The average Bonchev–Trinajstić information content (AvgIpc) is 3.47. The van der Waals surface area contributed by atoms with Gasteiger partial charge in [-0.25, -0.2) is 0 Å². The summed E-state index contributed by atoms with van der Waals surface area (Å²) in [5.74, 6) is 0.826. The van der Waals surface area contributed by atoms with E-state index in [0.717, 1.165) is 44.5 Å². The number of hydrogen-bond donors (Lipinski definition) is 0. The van der Waals surface area contributed by atoms with Crippen molar-refractivity contribution in [1.82, 2.24) is 9.97 Å². The van der Waals surface area contributed by atoms with E-state index >= 15 is 0 Å². The summed E-state index contributed by atoms with van der Waals surface area (Å²) in [6.45, 7) is 16.0. The summed E-state index contributed by atoms with van der Waals surface area (Å²) in [6, 6.07) is 42.1. The largest absolute Gasteiger partial charge is 0.501 e. The Bertz CT molecular complexity index is 2130. The predicted octanol–water partition coefficient (Wildman–Crippen LogP) is 11.1. The van der Waals surface area contributed by atoms with Gasteiger partial charge in [0.1, 0.15) is 5.58 Å². The Morgan fingerprint density at radius 2 is 1.48 bits per heavy atom. The minimum Gasteiger partial charge on any atom is -0.501 e. The third-order valence-electron chi connectivity index (χ3n) is 8.79. The number of furan rings is 1. The van der Waals surface area contributed by atoms with Crippen LogP contribution in [0.2, 0.25) is 19.6 Å². The van der Waals surface area contributed by atoms with Gasteiger partial charge in [0.25, 0.3) is 0 Å². The molecule has 0 aliphatic carbocycles. The fourth-order valence-corrected chi connectivity index (χ4v) is 7.73.